The molecule has 2 N–H and O–H groups in total. The highest BCUT2D eigenvalue weighted by molar-refractivity contribution is 6.37. The van der Waals surface area contributed by atoms with E-state index in [4.69, 9.17) is 23.2 Å². The van der Waals surface area contributed by atoms with Gasteiger partial charge in [-0.3, -0.25) is 9.59 Å². The summed E-state index contributed by atoms with van der Waals surface area (Å²) in [7, 11) is 0. The van der Waals surface area contributed by atoms with Gasteiger partial charge in [0.25, 0.3) is 11.8 Å². The second-order valence-corrected chi connectivity index (χ2v) is 6.81. The lowest BCUT2D eigenvalue weighted by atomic mass is 10.1. The molecule has 0 aromatic heterocycles. The molecule has 0 spiro atoms. The maximum absolute atomic E-state index is 13.7. The van der Waals surface area contributed by atoms with Gasteiger partial charge in [-0.25, -0.2) is 4.39 Å². The van der Waals surface area contributed by atoms with Crippen molar-refractivity contribution in [3.63, 3.8) is 0 Å². The molecule has 0 unspecified atom stereocenters. The fourth-order valence-electron chi connectivity index (χ4n) is 2.58. The van der Waals surface area contributed by atoms with E-state index in [2.05, 4.69) is 10.6 Å². The Labute approximate surface area is 171 Å². The van der Waals surface area contributed by atoms with Crippen LogP contribution in [0, 0.1) is 12.7 Å². The minimum Gasteiger partial charge on any atom is -0.322 e. The van der Waals surface area contributed by atoms with Crippen molar-refractivity contribution < 1.29 is 14.0 Å². The lowest BCUT2D eigenvalue weighted by Gasteiger charge is -2.14. The number of hydrogen-bond donors (Lipinski definition) is 2. The molecule has 0 saturated heterocycles. The molecule has 3 aromatic carbocycles. The first-order valence-corrected chi connectivity index (χ1v) is 9.04. The van der Waals surface area contributed by atoms with Gasteiger partial charge in [-0.05, 0) is 48.9 Å². The van der Waals surface area contributed by atoms with Gasteiger partial charge in [0.15, 0.2) is 0 Å². The molecular weight excluding hydrogens is 402 g/mol. The zero-order valence-electron chi connectivity index (χ0n) is 14.7. The molecule has 0 atom stereocenters. The van der Waals surface area contributed by atoms with Gasteiger partial charge in [0, 0.05) is 16.9 Å². The Kier molecular flexibility index (Phi) is 5.97. The molecule has 0 fully saturated rings. The van der Waals surface area contributed by atoms with Crippen LogP contribution in [0.2, 0.25) is 10.0 Å². The molecule has 142 valence electrons. The number of nitrogens with one attached hydrogen (secondary N) is 2. The Morgan fingerprint density at radius 1 is 0.821 bits per heavy atom. The standard InChI is InChI=1S/C21H15Cl2FN2O2/c1-12-18(25-20(27)13-6-3-2-4-7-13)8-5-9-19(12)26-21(28)14-10-17(24)16(23)11-15(14)22/h2-11H,1H3,(H,25,27)(H,26,28). The van der Waals surface area contributed by atoms with Crippen molar-refractivity contribution in [2.45, 2.75) is 6.92 Å². The van der Waals surface area contributed by atoms with Crippen LogP contribution >= 0.6 is 23.2 Å². The Morgan fingerprint density at radius 3 is 2.07 bits per heavy atom. The van der Waals surface area contributed by atoms with E-state index in [1.54, 1.807) is 49.4 Å². The van der Waals surface area contributed by atoms with Crippen LogP contribution < -0.4 is 10.6 Å². The van der Waals surface area contributed by atoms with Gasteiger partial charge < -0.3 is 10.6 Å². The molecule has 0 aliphatic heterocycles. The largest absolute Gasteiger partial charge is 0.322 e. The topological polar surface area (TPSA) is 58.2 Å². The molecule has 2 amide bonds. The molecule has 0 heterocycles. The van der Waals surface area contributed by atoms with Gasteiger partial charge in [0.2, 0.25) is 0 Å². The number of halogens is 3. The number of amides is 2. The van der Waals surface area contributed by atoms with E-state index in [0.717, 1.165) is 6.07 Å². The van der Waals surface area contributed by atoms with E-state index in [-0.39, 0.29) is 21.5 Å². The Hall–Kier alpha value is -2.89. The van der Waals surface area contributed by atoms with Crippen molar-refractivity contribution in [1.29, 1.82) is 0 Å². The van der Waals surface area contributed by atoms with Gasteiger partial charge in [-0.1, -0.05) is 47.5 Å². The summed E-state index contributed by atoms with van der Waals surface area (Å²) in [5.41, 5.74) is 2.12. The average molecular weight is 417 g/mol. The van der Waals surface area contributed by atoms with Crippen LogP contribution in [0.25, 0.3) is 0 Å². The first-order chi connectivity index (χ1) is 13.4. The molecule has 0 bridgehead atoms. The summed E-state index contributed by atoms with van der Waals surface area (Å²) in [5, 5.41) is 5.37. The van der Waals surface area contributed by atoms with Gasteiger partial charge >= 0.3 is 0 Å². The highest BCUT2D eigenvalue weighted by Crippen LogP contribution is 2.27. The summed E-state index contributed by atoms with van der Waals surface area (Å²) in [5.74, 6) is -1.60. The van der Waals surface area contributed by atoms with Crippen molar-refractivity contribution in [2.24, 2.45) is 0 Å². The zero-order chi connectivity index (χ0) is 20.3. The maximum Gasteiger partial charge on any atom is 0.257 e. The van der Waals surface area contributed by atoms with E-state index < -0.39 is 11.7 Å². The smallest absolute Gasteiger partial charge is 0.257 e. The predicted octanol–water partition coefficient (Wildman–Crippen LogP) is 5.95. The highest BCUT2D eigenvalue weighted by Gasteiger charge is 2.16. The Bertz CT molecular complexity index is 1060. The van der Waals surface area contributed by atoms with E-state index in [1.165, 1.54) is 6.07 Å². The summed E-state index contributed by atoms with van der Waals surface area (Å²) >= 11 is 11.7. The zero-order valence-corrected chi connectivity index (χ0v) is 16.2. The third-order valence-electron chi connectivity index (χ3n) is 4.12. The van der Waals surface area contributed by atoms with Crippen LogP contribution in [-0.4, -0.2) is 11.8 Å². The van der Waals surface area contributed by atoms with Gasteiger partial charge in [-0.15, -0.1) is 0 Å². The molecule has 7 heteroatoms. The number of hydrogen-bond acceptors (Lipinski definition) is 2. The van der Waals surface area contributed by atoms with Crippen molar-refractivity contribution in [2.75, 3.05) is 10.6 Å². The van der Waals surface area contributed by atoms with Crippen molar-refractivity contribution in [1.82, 2.24) is 0 Å². The predicted molar refractivity (Wildman–Crippen MR) is 110 cm³/mol. The maximum atomic E-state index is 13.7. The average Bonchev–Trinajstić information content (AvgIpc) is 2.68. The summed E-state index contributed by atoms with van der Waals surface area (Å²) in [6.07, 6.45) is 0. The fraction of sp³-hybridized carbons (Fsp3) is 0.0476. The summed E-state index contributed by atoms with van der Waals surface area (Å²) in [4.78, 5) is 24.9. The van der Waals surface area contributed by atoms with Gasteiger partial charge in [0.1, 0.15) is 5.82 Å². The number of benzene rings is 3. The minimum absolute atomic E-state index is 0.0371. The normalized spacial score (nSPS) is 10.4. The number of anilines is 2. The van der Waals surface area contributed by atoms with E-state index in [0.29, 0.717) is 22.5 Å². The summed E-state index contributed by atoms with van der Waals surface area (Å²) in [6, 6.07) is 16.0. The Balaban J connectivity index is 1.82. The summed E-state index contributed by atoms with van der Waals surface area (Å²) < 4.78 is 13.7. The van der Waals surface area contributed by atoms with Crippen LogP contribution in [0.15, 0.2) is 60.7 Å². The Morgan fingerprint density at radius 2 is 1.43 bits per heavy atom. The SMILES string of the molecule is Cc1c(NC(=O)c2ccccc2)cccc1NC(=O)c1cc(F)c(Cl)cc1Cl. The second kappa shape index (κ2) is 8.42. The second-order valence-electron chi connectivity index (χ2n) is 6.00. The van der Waals surface area contributed by atoms with Crippen molar-refractivity contribution >= 4 is 46.4 Å². The van der Waals surface area contributed by atoms with Crippen LogP contribution in [0.1, 0.15) is 26.3 Å². The molecular formula is C21H15Cl2FN2O2. The highest BCUT2D eigenvalue weighted by atomic mass is 35.5. The van der Waals surface area contributed by atoms with Crippen LogP contribution in [0.5, 0.6) is 0 Å². The van der Waals surface area contributed by atoms with E-state index in [9.17, 15) is 14.0 Å². The van der Waals surface area contributed by atoms with Gasteiger partial charge in [-0.2, -0.15) is 0 Å². The number of carbonyl (C=O) groups is 2. The monoisotopic (exact) mass is 416 g/mol. The molecule has 4 nitrogen and oxygen atoms in total. The molecule has 3 rings (SSSR count). The lowest BCUT2D eigenvalue weighted by molar-refractivity contribution is 0.101. The van der Waals surface area contributed by atoms with Crippen LogP contribution in [0.3, 0.4) is 0 Å². The molecule has 3 aromatic rings. The lowest BCUT2D eigenvalue weighted by Crippen LogP contribution is -2.16. The third-order valence-corrected chi connectivity index (χ3v) is 4.72. The molecule has 0 aliphatic rings. The molecule has 0 aliphatic carbocycles. The molecule has 28 heavy (non-hydrogen) atoms. The number of rotatable bonds is 4. The number of carbonyl (C=O) groups excluding carboxylic acids is 2. The van der Waals surface area contributed by atoms with Crippen LogP contribution in [0.4, 0.5) is 15.8 Å². The molecule has 0 saturated carbocycles. The van der Waals surface area contributed by atoms with Crippen LogP contribution in [-0.2, 0) is 0 Å². The molecule has 0 radical (unpaired) electrons. The fourth-order valence-corrected chi connectivity index (χ4v) is 3.05. The first kappa shape index (κ1) is 19.9. The quantitative estimate of drug-likeness (QED) is 0.516. The first-order valence-electron chi connectivity index (χ1n) is 8.28. The van der Waals surface area contributed by atoms with E-state index in [1.807, 2.05) is 6.07 Å². The minimum atomic E-state index is -0.739. The van der Waals surface area contributed by atoms with E-state index >= 15 is 0 Å². The third kappa shape index (κ3) is 4.32. The van der Waals surface area contributed by atoms with Crippen molar-refractivity contribution in [3.05, 3.63) is 93.2 Å². The van der Waals surface area contributed by atoms with Crippen molar-refractivity contribution in [3.8, 4) is 0 Å². The summed E-state index contributed by atoms with van der Waals surface area (Å²) in [6.45, 7) is 1.75. The van der Waals surface area contributed by atoms with Gasteiger partial charge in [0.05, 0.1) is 15.6 Å².